The van der Waals surface area contributed by atoms with Gasteiger partial charge in [-0.1, -0.05) is 0 Å². The van der Waals surface area contributed by atoms with Crippen LogP contribution < -0.4 is 15.8 Å². The predicted molar refractivity (Wildman–Crippen MR) is 74.4 cm³/mol. The molecule has 6 nitrogen and oxygen atoms in total. The van der Waals surface area contributed by atoms with Crippen LogP contribution in [0.2, 0.25) is 0 Å². The van der Waals surface area contributed by atoms with Crippen molar-refractivity contribution in [3.63, 3.8) is 0 Å². The number of primary sulfonamides is 1. The summed E-state index contributed by atoms with van der Waals surface area (Å²) in [6, 6.07) is 5.04. The van der Waals surface area contributed by atoms with Crippen LogP contribution in [-0.2, 0) is 14.8 Å². The molecule has 19 heavy (non-hydrogen) atoms. The predicted octanol–water partition coefficient (Wildman–Crippen LogP) is 0.530. The number of sulfonamides is 1. The lowest BCUT2D eigenvalue weighted by atomic mass is 10.1. The average Bonchev–Trinajstić information content (AvgIpc) is 2.30. The first kappa shape index (κ1) is 14.1. The van der Waals surface area contributed by atoms with Crippen molar-refractivity contribution in [3.05, 3.63) is 18.2 Å². The Morgan fingerprint density at radius 2 is 2.05 bits per heavy atom. The van der Waals surface area contributed by atoms with E-state index in [0.29, 0.717) is 6.61 Å². The summed E-state index contributed by atoms with van der Waals surface area (Å²) in [5.41, 5.74) is 6.83. The summed E-state index contributed by atoms with van der Waals surface area (Å²) in [5.74, 6) is 0. The van der Waals surface area contributed by atoms with Gasteiger partial charge in [0.05, 0.1) is 18.4 Å². The minimum Gasteiger partial charge on any atom is -0.398 e. The number of anilines is 2. The maximum absolute atomic E-state index is 11.3. The fraction of sp³-hybridized carbons (Fsp3) is 0.500. The van der Waals surface area contributed by atoms with Crippen LogP contribution in [0.1, 0.15) is 13.8 Å². The molecule has 0 aliphatic carbocycles. The number of hydrogen-bond donors (Lipinski definition) is 2. The molecule has 0 bridgehead atoms. The number of ether oxygens (including phenoxy) is 1. The number of rotatable bonds is 2. The van der Waals surface area contributed by atoms with Crippen molar-refractivity contribution in [1.82, 2.24) is 0 Å². The van der Waals surface area contributed by atoms with E-state index in [-0.39, 0.29) is 22.7 Å². The topological polar surface area (TPSA) is 98.7 Å². The second-order valence-electron chi connectivity index (χ2n) is 4.91. The standard InChI is InChI=1S/C12H19N3O3S/c1-8-7-18-9(2)6-15(8)10-3-4-12(11(13)5-10)19(14,16)17/h3-5,8-9H,6-7,13H2,1-2H3,(H2,14,16,17). The van der Waals surface area contributed by atoms with E-state index in [9.17, 15) is 8.42 Å². The van der Waals surface area contributed by atoms with Gasteiger partial charge in [-0.3, -0.25) is 0 Å². The van der Waals surface area contributed by atoms with E-state index < -0.39 is 10.0 Å². The van der Waals surface area contributed by atoms with Gasteiger partial charge in [0.25, 0.3) is 0 Å². The van der Waals surface area contributed by atoms with Gasteiger partial charge in [0.15, 0.2) is 0 Å². The third-order valence-corrected chi connectivity index (χ3v) is 4.22. The highest BCUT2D eigenvalue weighted by molar-refractivity contribution is 7.89. The molecule has 4 N–H and O–H groups in total. The summed E-state index contributed by atoms with van der Waals surface area (Å²) in [6.45, 7) is 5.43. The number of hydrogen-bond acceptors (Lipinski definition) is 5. The Morgan fingerprint density at radius 1 is 1.37 bits per heavy atom. The van der Waals surface area contributed by atoms with E-state index >= 15 is 0 Å². The zero-order valence-electron chi connectivity index (χ0n) is 11.0. The molecule has 2 unspecified atom stereocenters. The first-order valence-electron chi connectivity index (χ1n) is 6.09. The molecule has 1 aromatic carbocycles. The molecule has 0 amide bonds. The fourth-order valence-corrected chi connectivity index (χ4v) is 2.88. The zero-order valence-corrected chi connectivity index (χ0v) is 11.9. The summed E-state index contributed by atoms with van der Waals surface area (Å²) < 4.78 is 28.2. The van der Waals surface area contributed by atoms with Crippen molar-refractivity contribution in [1.29, 1.82) is 0 Å². The molecule has 2 atom stereocenters. The van der Waals surface area contributed by atoms with E-state index in [1.165, 1.54) is 6.07 Å². The Morgan fingerprint density at radius 3 is 2.63 bits per heavy atom. The minimum atomic E-state index is -3.77. The third kappa shape index (κ3) is 2.99. The summed E-state index contributed by atoms with van der Waals surface area (Å²) >= 11 is 0. The lowest BCUT2D eigenvalue weighted by Crippen LogP contribution is -2.47. The normalized spacial score (nSPS) is 24.5. The molecule has 0 aromatic heterocycles. The van der Waals surface area contributed by atoms with Gasteiger partial charge >= 0.3 is 0 Å². The smallest absolute Gasteiger partial charge is 0.240 e. The number of nitrogens with zero attached hydrogens (tertiary/aromatic N) is 1. The minimum absolute atomic E-state index is 0.0368. The Labute approximate surface area is 113 Å². The van der Waals surface area contributed by atoms with Crippen molar-refractivity contribution in [3.8, 4) is 0 Å². The summed E-state index contributed by atoms with van der Waals surface area (Å²) in [7, 11) is -3.77. The summed E-state index contributed by atoms with van der Waals surface area (Å²) in [5, 5.41) is 5.09. The second kappa shape index (κ2) is 4.99. The first-order valence-corrected chi connectivity index (χ1v) is 7.64. The molecular weight excluding hydrogens is 266 g/mol. The Hall–Kier alpha value is -1.31. The molecular formula is C12H19N3O3S. The quantitative estimate of drug-likeness (QED) is 0.772. The molecule has 1 aliphatic rings. The van der Waals surface area contributed by atoms with Crippen LogP contribution in [0.25, 0.3) is 0 Å². The molecule has 1 aliphatic heterocycles. The largest absolute Gasteiger partial charge is 0.398 e. The highest BCUT2D eigenvalue weighted by atomic mass is 32.2. The second-order valence-corrected chi connectivity index (χ2v) is 6.44. The maximum Gasteiger partial charge on any atom is 0.240 e. The van der Waals surface area contributed by atoms with Gasteiger partial charge in [-0.25, -0.2) is 13.6 Å². The third-order valence-electron chi connectivity index (χ3n) is 3.24. The Bertz CT molecular complexity index is 574. The Kier molecular flexibility index (Phi) is 3.71. The lowest BCUT2D eigenvalue weighted by Gasteiger charge is -2.38. The highest BCUT2D eigenvalue weighted by Crippen LogP contribution is 2.27. The molecule has 106 valence electrons. The number of nitrogens with two attached hydrogens (primary N) is 2. The van der Waals surface area contributed by atoms with Crippen molar-refractivity contribution < 1.29 is 13.2 Å². The zero-order chi connectivity index (χ0) is 14.2. The fourth-order valence-electron chi connectivity index (χ4n) is 2.24. The molecule has 1 fully saturated rings. The van der Waals surface area contributed by atoms with Gasteiger partial charge in [0, 0.05) is 18.3 Å². The van der Waals surface area contributed by atoms with E-state index in [4.69, 9.17) is 15.6 Å². The van der Waals surface area contributed by atoms with Crippen LogP contribution in [0.3, 0.4) is 0 Å². The van der Waals surface area contributed by atoms with Crippen molar-refractivity contribution in [2.75, 3.05) is 23.8 Å². The van der Waals surface area contributed by atoms with Crippen molar-refractivity contribution in [2.45, 2.75) is 30.9 Å². The van der Waals surface area contributed by atoms with Crippen LogP contribution in [0.4, 0.5) is 11.4 Å². The van der Waals surface area contributed by atoms with Crippen LogP contribution in [0.5, 0.6) is 0 Å². The van der Waals surface area contributed by atoms with Crippen molar-refractivity contribution >= 4 is 21.4 Å². The maximum atomic E-state index is 11.3. The van der Waals surface area contributed by atoms with E-state index in [1.807, 2.05) is 6.92 Å². The van der Waals surface area contributed by atoms with Gasteiger partial charge in [-0.05, 0) is 32.0 Å². The van der Waals surface area contributed by atoms with E-state index in [1.54, 1.807) is 12.1 Å². The first-order chi connectivity index (χ1) is 8.79. The van der Waals surface area contributed by atoms with Gasteiger partial charge in [-0.2, -0.15) is 0 Å². The molecule has 0 saturated carbocycles. The molecule has 0 radical (unpaired) electrons. The van der Waals surface area contributed by atoms with Crippen molar-refractivity contribution in [2.24, 2.45) is 5.14 Å². The van der Waals surface area contributed by atoms with Gasteiger partial charge < -0.3 is 15.4 Å². The molecule has 1 heterocycles. The van der Waals surface area contributed by atoms with Crippen LogP contribution in [0, 0.1) is 0 Å². The average molecular weight is 285 g/mol. The molecule has 1 saturated heterocycles. The number of nitrogen functional groups attached to an aromatic ring is 1. The van der Waals surface area contributed by atoms with E-state index in [0.717, 1.165) is 12.2 Å². The number of morpholine rings is 1. The summed E-state index contributed by atoms with van der Waals surface area (Å²) in [6.07, 6.45) is 0.135. The van der Waals surface area contributed by atoms with Crippen LogP contribution >= 0.6 is 0 Å². The van der Waals surface area contributed by atoms with Crippen LogP contribution in [0.15, 0.2) is 23.1 Å². The Balaban J connectivity index is 2.34. The van der Waals surface area contributed by atoms with E-state index in [2.05, 4.69) is 11.8 Å². The summed E-state index contributed by atoms with van der Waals surface area (Å²) in [4.78, 5) is 2.11. The molecule has 2 rings (SSSR count). The van der Waals surface area contributed by atoms with Gasteiger partial charge in [0.1, 0.15) is 4.90 Å². The molecule has 1 aromatic rings. The SMILES string of the molecule is CC1CN(c2ccc(S(N)(=O)=O)c(N)c2)C(C)CO1. The number of benzene rings is 1. The molecule has 0 spiro atoms. The van der Waals surface area contributed by atoms with Gasteiger partial charge in [-0.15, -0.1) is 0 Å². The lowest BCUT2D eigenvalue weighted by molar-refractivity contribution is 0.0344. The van der Waals surface area contributed by atoms with Crippen LogP contribution in [-0.4, -0.2) is 33.7 Å². The van der Waals surface area contributed by atoms with Gasteiger partial charge in [0.2, 0.25) is 10.0 Å². The highest BCUT2D eigenvalue weighted by Gasteiger charge is 2.24. The molecule has 7 heteroatoms. The monoisotopic (exact) mass is 285 g/mol.